The van der Waals surface area contributed by atoms with E-state index < -0.39 is 4.92 Å². The van der Waals surface area contributed by atoms with Crippen molar-refractivity contribution in [1.82, 2.24) is 10.3 Å². The summed E-state index contributed by atoms with van der Waals surface area (Å²) < 4.78 is 0.655. The van der Waals surface area contributed by atoms with Crippen LogP contribution in [0.3, 0.4) is 0 Å². The first-order valence-electron chi connectivity index (χ1n) is 5.19. The molecule has 0 saturated carbocycles. The van der Waals surface area contributed by atoms with Crippen molar-refractivity contribution in [2.24, 2.45) is 0 Å². The van der Waals surface area contributed by atoms with Gasteiger partial charge in [0.25, 0.3) is 5.69 Å². The molecule has 94 valence electrons. The summed E-state index contributed by atoms with van der Waals surface area (Å²) in [7, 11) is 0. The minimum absolute atomic E-state index is 0.103. The van der Waals surface area contributed by atoms with Crippen LogP contribution in [-0.2, 0) is 13.1 Å². The molecular weight excluding hydrogens is 274 g/mol. The highest BCUT2D eigenvalue weighted by Gasteiger charge is 2.05. The summed E-state index contributed by atoms with van der Waals surface area (Å²) >= 11 is 7.18. The van der Waals surface area contributed by atoms with Crippen LogP contribution in [-0.4, -0.2) is 9.91 Å². The SMILES string of the molecule is O=[N+]([O-])c1cccc(CNCc2ncc(Cl)s2)c1. The summed E-state index contributed by atoms with van der Waals surface area (Å²) in [5, 5.41) is 14.7. The maximum atomic E-state index is 10.6. The summed E-state index contributed by atoms with van der Waals surface area (Å²) in [6.45, 7) is 1.15. The van der Waals surface area contributed by atoms with Gasteiger partial charge in [0, 0.05) is 25.2 Å². The van der Waals surface area contributed by atoms with Crippen molar-refractivity contribution in [1.29, 1.82) is 0 Å². The van der Waals surface area contributed by atoms with E-state index >= 15 is 0 Å². The highest BCUT2D eigenvalue weighted by atomic mass is 35.5. The Balaban J connectivity index is 1.90. The molecule has 2 aromatic rings. The van der Waals surface area contributed by atoms with E-state index in [1.165, 1.54) is 17.4 Å². The lowest BCUT2D eigenvalue weighted by atomic mass is 10.2. The molecule has 18 heavy (non-hydrogen) atoms. The highest BCUT2D eigenvalue weighted by Crippen LogP contribution is 2.18. The molecule has 0 aliphatic carbocycles. The molecule has 0 bridgehead atoms. The van der Waals surface area contributed by atoms with Crippen molar-refractivity contribution in [3.63, 3.8) is 0 Å². The van der Waals surface area contributed by atoms with Gasteiger partial charge in [0.05, 0.1) is 11.1 Å². The smallest absolute Gasteiger partial charge is 0.269 e. The average molecular weight is 284 g/mol. The van der Waals surface area contributed by atoms with Gasteiger partial charge in [-0.25, -0.2) is 4.98 Å². The van der Waals surface area contributed by atoms with Crippen LogP contribution in [0, 0.1) is 10.1 Å². The maximum Gasteiger partial charge on any atom is 0.269 e. The number of nitro benzene ring substituents is 1. The van der Waals surface area contributed by atoms with Crippen molar-refractivity contribution < 1.29 is 4.92 Å². The number of hydrogen-bond donors (Lipinski definition) is 1. The quantitative estimate of drug-likeness (QED) is 0.676. The number of benzene rings is 1. The molecule has 0 spiro atoms. The van der Waals surface area contributed by atoms with Gasteiger partial charge in [-0.3, -0.25) is 10.1 Å². The Morgan fingerprint density at radius 1 is 1.44 bits per heavy atom. The van der Waals surface area contributed by atoms with Crippen molar-refractivity contribution in [2.45, 2.75) is 13.1 Å². The van der Waals surface area contributed by atoms with Gasteiger partial charge in [-0.05, 0) is 5.56 Å². The topological polar surface area (TPSA) is 68.1 Å². The Kier molecular flexibility index (Phi) is 4.24. The number of nitrogens with one attached hydrogen (secondary N) is 1. The van der Waals surface area contributed by atoms with Gasteiger partial charge >= 0.3 is 0 Å². The number of nitro groups is 1. The van der Waals surface area contributed by atoms with Crippen molar-refractivity contribution >= 4 is 28.6 Å². The fourth-order valence-corrected chi connectivity index (χ4v) is 2.39. The number of aromatic nitrogens is 1. The lowest BCUT2D eigenvalue weighted by Gasteiger charge is -2.02. The third-order valence-corrected chi connectivity index (χ3v) is 3.37. The van der Waals surface area contributed by atoms with Crippen molar-refractivity contribution in [3.8, 4) is 0 Å². The van der Waals surface area contributed by atoms with Crippen LogP contribution in [0.2, 0.25) is 4.34 Å². The molecule has 0 amide bonds. The minimum Gasteiger partial charge on any atom is -0.306 e. The Labute approximate surface area is 113 Å². The van der Waals surface area contributed by atoms with Crippen LogP contribution in [0.4, 0.5) is 5.69 Å². The number of halogens is 1. The fourth-order valence-electron chi connectivity index (χ4n) is 1.46. The van der Waals surface area contributed by atoms with E-state index in [-0.39, 0.29) is 5.69 Å². The zero-order valence-electron chi connectivity index (χ0n) is 9.30. The van der Waals surface area contributed by atoms with Gasteiger partial charge in [0.15, 0.2) is 0 Å². The molecule has 1 heterocycles. The number of non-ortho nitro benzene ring substituents is 1. The molecule has 0 atom stereocenters. The second-order valence-corrected chi connectivity index (χ2v) is 5.34. The molecule has 2 rings (SSSR count). The first kappa shape index (κ1) is 12.9. The summed E-state index contributed by atoms with van der Waals surface area (Å²) in [6.07, 6.45) is 1.61. The van der Waals surface area contributed by atoms with E-state index in [1.54, 1.807) is 18.3 Å². The minimum atomic E-state index is -0.399. The number of nitrogens with zero attached hydrogens (tertiary/aromatic N) is 2. The molecule has 0 aliphatic heterocycles. The third-order valence-electron chi connectivity index (χ3n) is 2.25. The van der Waals surface area contributed by atoms with Crippen LogP contribution in [0.1, 0.15) is 10.6 Å². The zero-order chi connectivity index (χ0) is 13.0. The summed E-state index contributed by atoms with van der Waals surface area (Å²) in [5.74, 6) is 0. The van der Waals surface area contributed by atoms with Gasteiger partial charge < -0.3 is 5.32 Å². The van der Waals surface area contributed by atoms with Crippen molar-refractivity contribution in [2.75, 3.05) is 0 Å². The van der Waals surface area contributed by atoms with Crippen LogP contribution in [0.5, 0.6) is 0 Å². The van der Waals surface area contributed by atoms with Gasteiger partial charge in [0.2, 0.25) is 0 Å². The van der Waals surface area contributed by atoms with E-state index in [1.807, 2.05) is 6.07 Å². The number of hydrogen-bond acceptors (Lipinski definition) is 5. The van der Waals surface area contributed by atoms with E-state index in [9.17, 15) is 10.1 Å². The highest BCUT2D eigenvalue weighted by molar-refractivity contribution is 7.15. The van der Waals surface area contributed by atoms with E-state index in [0.29, 0.717) is 17.4 Å². The van der Waals surface area contributed by atoms with Crippen LogP contribution in [0.25, 0.3) is 0 Å². The van der Waals surface area contributed by atoms with Gasteiger partial charge in [-0.1, -0.05) is 23.7 Å². The molecule has 5 nitrogen and oxygen atoms in total. The summed E-state index contributed by atoms with van der Waals surface area (Å²) in [6, 6.07) is 6.55. The van der Waals surface area contributed by atoms with E-state index in [0.717, 1.165) is 10.6 Å². The first-order valence-corrected chi connectivity index (χ1v) is 6.39. The number of thiazole rings is 1. The largest absolute Gasteiger partial charge is 0.306 e. The molecule has 1 aromatic carbocycles. The second kappa shape index (κ2) is 5.90. The lowest BCUT2D eigenvalue weighted by Crippen LogP contribution is -2.12. The standard InChI is InChI=1S/C11H10ClN3O2S/c12-10-6-14-11(18-10)7-13-5-8-2-1-3-9(4-8)15(16)17/h1-4,6,13H,5,7H2. The fraction of sp³-hybridized carbons (Fsp3) is 0.182. The molecule has 0 fully saturated rings. The van der Waals surface area contributed by atoms with E-state index in [2.05, 4.69) is 10.3 Å². The Bertz CT molecular complexity index is 559. The average Bonchev–Trinajstić information content (AvgIpc) is 2.75. The predicted molar refractivity (Wildman–Crippen MR) is 70.8 cm³/mol. The molecule has 0 unspecified atom stereocenters. The molecule has 1 aromatic heterocycles. The Hall–Kier alpha value is -1.50. The Morgan fingerprint density at radius 2 is 2.28 bits per heavy atom. The first-order chi connectivity index (χ1) is 8.65. The molecule has 7 heteroatoms. The molecular formula is C11H10ClN3O2S. The van der Waals surface area contributed by atoms with Crippen LogP contribution >= 0.6 is 22.9 Å². The molecule has 0 aliphatic rings. The Morgan fingerprint density at radius 3 is 2.94 bits per heavy atom. The predicted octanol–water partition coefficient (Wildman–Crippen LogP) is 2.99. The zero-order valence-corrected chi connectivity index (χ0v) is 10.9. The molecule has 0 saturated heterocycles. The summed E-state index contributed by atoms with van der Waals surface area (Å²) in [5.41, 5.74) is 0.971. The monoisotopic (exact) mass is 283 g/mol. The maximum absolute atomic E-state index is 10.6. The summed E-state index contributed by atoms with van der Waals surface area (Å²) in [4.78, 5) is 14.3. The van der Waals surface area contributed by atoms with Gasteiger partial charge in [-0.15, -0.1) is 11.3 Å². The number of rotatable bonds is 5. The van der Waals surface area contributed by atoms with Gasteiger partial charge in [0.1, 0.15) is 9.34 Å². The third kappa shape index (κ3) is 3.49. The van der Waals surface area contributed by atoms with Crippen LogP contribution < -0.4 is 5.32 Å². The molecule has 0 radical (unpaired) electrons. The van der Waals surface area contributed by atoms with Crippen molar-refractivity contribution in [3.05, 3.63) is 55.5 Å². The normalized spacial score (nSPS) is 10.5. The lowest BCUT2D eigenvalue weighted by molar-refractivity contribution is -0.384. The second-order valence-electron chi connectivity index (χ2n) is 3.59. The molecule has 1 N–H and O–H groups in total. The van der Waals surface area contributed by atoms with Crippen LogP contribution in [0.15, 0.2) is 30.5 Å². The van der Waals surface area contributed by atoms with E-state index in [4.69, 9.17) is 11.6 Å². The van der Waals surface area contributed by atoms with Gasteiger partial charge in [-0.2, -0.15) is 0 Å².